The molecule has 0 aromatic carbocycles. The normalized spacial score (nSPS) is 34.7. The van der Waals surface area contributed by atoms with Crippen molar-refractivity contribution in [3.8, 4) is 0 Å². The summed E-state index contributed by atoms with van der Waals surface area (Å²) >= 11 is 1.52. The summed E-state index contributed by atoms with van der Waals surface area (Å²) in [6.45, 7) is 12.0. The van der Waals surface area contributed by atoms with Crippen LogP contribution in [0.1, 0.15) is 40.0 Å². The van der Waals surface area contributed by atoms with Gasteiger partial charge in [-0.15, -0.1) is 11.8 Å². The van der Waals surface area contributed by atoms with Crippen LogP contribution >= 0.6 is 11.8 Å². The number of quaternary nitrogens is 1. The lowest BCUT2D eigenvalue weighted by Gasteiger charge is -2.46. The fourth-order valence-corrected chi connectivity index (χ4v) is 7.72. The number of urea groups is 1. The van der Waals surface area contributed by atoms with Gasteiger partial charge in [0.05, 0.1) is 31.2 Å². The van der Waals surface area contributed by atoms with Crippen molar-refractivity contribution in [3.05, 3.63) is 22.8 Å². The largest absolute Gasteiger partial charge is 0.477 e. The summed E-state index contributed by atoms with van der Waals surface area (Å²) in [5.74, 6) is -2.12. The lowest BCUT2D eigenvalue weighted by molar-refractivity contribution is -0.855. The van der Waals surface area contributed by atoms with Gasteiger partial charge in [0.15, 0.2) is 0 Å². The summed E-state index contributed by atoms with van der Waals surface area (Å²) in [5.41, 5.74) is 6.81. The molecule has 7 atom stereocenters. The van der Waals surface area contributed by atoms with E-state index in [2.05, 4.69) is 11.9 Å². The van der Waals surface area contributed by atoms with Gasteiger partial charge in [-0.25, -0.2) is 14.1 Å². The van der Waals surface area contributed by atoms with E-state index in [4.69, 9.17) is 5.73 Å². The first-order valence-electron chi connectivity index (χ1n) is 11.7. The van der Waals surface area contributed by atoms with Crippen LogP contribution in [0.4, 0.5) is 4.79 Å². The van der Waals surface area contributed by atoms with Crippen molar-refractivity contribution < 1.29 is 29.1 Å². The summed E-state index contributed by atoms with van der Waals surface area (Å²) in [4.78, 5) is 39.0. The number of carbonyl (C=O) groups is 3. The maximum Gasteiger partial charge on any atom is 0.414 e. The van der Waals surface area contributed by atoms with E-state index in [1.807, 2.05) is 13.8 Å². The number of nitrogens with zero attached hydrogens (tertiary/aromatic N) is 2. The highest BCUT2D eigenvalue weighted by Gasteiger charge is 2.60. The number of thioether (sulfide) groups is 1. The predicted octanol–water partition coefficient (Wildman–Crippen LogP) is 1.24. The highest BCUT2D eigenvalue weighted by molar-refractivity contribution is 8.03. The second kappa shape index (κ2) is 8.72. The van der Waals surface area contributed by atoms with Crippen LogP contribution < -0.4 is 11.1 Å². The summed E-state index contributed by atoms with van der Waals surface area (Å²) in [6.07, 6.45) is 1.90. The van der Waals surface area contributed by atoms with Crippen LogP contribution in [0.2, 0.25) is 0 Å². The van der Waals surface area contributed by atoms with Crippen LogP contribution in [0.25, 0.3) is 0 Å². The van der Waals surface area contributed by atoms with Crippen molar-refractivity contribution >= 4 is 29.7 Å². The predicted molar refractivity (Wildman–Crippen MR) is 125 cm³/mol. The van der Waals surface area contributed by atoms with Gasteiger partial charge >= 0.3 is 12.0 Å². The van der Waals surface area contributed by atoms with Gasteiger partial charge in [0.25, 0.3) is 0 Å². The van der Waals surface area contributed by atoms with Gasteiger partial charge in [0.1, 0.15) is 11.7 Å². The Morgan fingerprint density at radius 2 is 1.94 bits per heavy atom. The number of hydrogen-bond donors (Lipinski definition) is 4. The smallest absolute Gasteiger partial charge is 0.414 e. The molecule has 10 heteroatoms. The van der Waals surface area contributed by atoms with Crippen LogP contribution in [0.3, 0.4) is 0 Å². The SMILES string of the molecule is C=C(C(C)[N+]1(C(N)=O)CCCC1)[C@@H]1C[C@H](SC2=C(C(=O)O)N3C(=O)[C@H]([C@@H](C)O)[C@H]3[C@H]2C)CN1. The van der Waals surface area contributed by atoms with Crippen molar-refractivity contribution in [2.75, 3.05) is 19.6 Å². The number of carboxylic acids is 1. The Balaban J connectivity index is 1.47. The van der Waals surface area contributed by atoms with Crippen LogP contribution in [0.5, 0.6) is 0 Å². The van der Waals surface area contributed by atoms with Crippen molar-refractivity contribution in [1.29, 1.82) is 0 Å². The number of nitrogens with one attached hydrogen (secondary N) is 1. The monoisotopic (exact) mass is 479 g/mol. The molecule has 0 bridgehead atoms. The van der Waals surface area contributed by atoms with E-state index in [-0.39, 0.29) is 51.4 Å². The quantitative estimate of drug-likeness (QED) is 0.245. The van der Waals surface area contributed by atoms with Gasteiger partial charge in [0.2, 0.25) is 5.91 Å². The van der Waals surface area contributed by atoms with Crippen LogP contribution in [0.15, 0.2) is 22.8 Å². The Kier molecular flexibility index (Phi) is 6.41. The van der Waals surface area contributed by atoms with Gasteiger partial charge in [-0.1, -0.05) is 13.5 Å². The van der Waals surface area contributed by atoms with E-state index in [0.717, 1.165) is 37.9 Å². The highest BCUT2D eigenvalue weighted by atomic mass is 32.2. The van der Waals surface area contributed by atoms with Gasteiger partial charge < -0.3 is 26.2 Å². The Bertz CT molecular complexity index is 913. The molecule has 4 heterocycles. The lowest BCUT2D eigenvalue weighted by atomic mass is 9.79. The molecule has 0 aromatic rings. The number of aliphatic hydroxyl groups is 1. The summed E-state index contributed by atoms with van der Waals surface area (Å²) in [5, 5.41) is 23.5. The topological polar surface area (TPSA) is 133 Å². The molecule has 0 aliphatic carbocycles. The van der Waals surface area contributed by atoms with Crippen LogP contribution in [0, 0.1) is 11.8 Å². The molecule has 5 N–H and O–H groups in total. The molecule has 3 saturated heterocycles. The first kappa shape index (κ1) is 24.3. The molecular formula is C23H35N4O5S+. The number of rotatable bonds is 7. The van der Waals surface area contributed by atoms with E-state index in [9.17, 15) is 24.6 Å². The molecule has 3 amide bonds. The third-order valence-electron chi connectivity index (χ3n) is 8.22. The molecule has 0 spiro atoms. The maximum absolute atomic E-state index is 12.6. The second-order valence-corrected chi connectivity index (χ2v) is 11.3. The van der Waals surface area contributed by atoms with Crippen molar-refractivity contribution in [3.63, 3.8) is 0 Å². The Labute approximate surface area is 198 Å². The molecule has 4 aliphatic heterocycles. The zero-order valence-electron chi connectivity index (χ0n) is 19.5. The fourth-order valence-electron chi connectivity index (χ4n) is 6.24. The van der Waals surface area contributed by atoms with Crippen molar-refractivity contribution in [2.45, 2.75) is 69.5 Å². The average molecular weight is 480 g/mol. The molecule has 1 unspecified atom stereocenters. The van der Waals surface area contributed by atoms with Crippen LogP contribution in [-0.2, 0) is 9.59 Å². The first-order chi connectivity index (χ1) is 15.5. The number of hydrogen-bond acceptors (Lipinski definition) is 6. The number of primary amides is 1. The van der Waals surface area contributed by atoms with E-state index in [0.29, 0.717) is 11.4 Å². The molecule has 4 aliphatic rings. The Morgan fingerprint density at radius 3 is 2.48 bits per heavy atom. The number of carboxylic acid groups (broad SMARTS) is 1. The molecule has 4 rings (SSSR count). The number of fused-ring (bicyclic) bond motifs is 1. The van der Waals surface area contributed by atoms with Gasteiger partial charge in [0, 0.05) is 41.5 Å². The van der Waals surface area contributed by atoms with E-state index in [1.165, 1.54) is 16.7 Å². The van der Waals surface area contributed by atoms with Gasteiger partial charge in [-0.2, -0.15) is 0 Å². The number of amides is 3. The summed E-state index contributed by atoms with van der Waals surface area (Å²) < 4.78 is 0.250. The Hall–Kier alpha value is -1.88. The van der Waals surface area contributed by atoms with Crippen LogP contribution in [-0.4, -0.2) is 86.6 Å². The van der Waals surface area contributed by atoms with Crippen molar-refractivity contribution in [1.82, 2.24) is 10.2 Å². The van der Waals surface area contributed by atoms with E-state index >= 15 is 0 Å². The van der Waals surface area contributed by atoms with Gasteiger partial charge in [-0.05, 0) is 25.8 Å². The third-order valence-corrected chi connectivity index (χ3v) is 9.74. The molecule has 3 fully saturated rings. The second-order valence-electron chi connectivity index (χ2n) is 9.99. The van der Waals surface area contributed by atoms with E-state index < -0.39 is 18.0 Å². The molecule has 0 radical (unpaired) electrons. The summed E-state index contributed by atoms with van der Waals surface area (Å²) in [6, 6.07) is -0.678. The molecule has 33 heavy (non-hydrogen) atoms. The molecule has 0 saturated carbocycles. The number of β-lactam (4-membered cyclic amide) rings is 1. The van der Waals surface area contributed by atoms with E-state index in [1.54, 1.807) is 6.92 Å². The first-order valence-corrected chi connectivity index (χ1v) is 12.6. The molecule has 0 aromatic heterocycles. The number of aliphatic hydroxyl groups excluding tert-OH is 1. The standard InChI is InChI=1S/C23H34N4O5S/c1-11(13(3)27(23(24)32)7-5-6-8-27)16-9-15(10-25-16)33-20-12(2)18-17(14(4)28)21(29)26(18)19(20)22(30)31/h12-18,25,28H,1,5-10H2,2-4H3,(H2-,24,30,31,32)/p+1/t12-,13?,14-,15+,16+,17-,18-/m1/s1. The zero-order chi connectivity index (χ0) is 24.2. The molecule has 182 valence electrons. The number of nitrogens with two attached hydrogens (primary N) is 1. The number of likely N-dealkylation sites (tertiary alicyclic amines) is 1. The van der Waals surface area contributed by atoms with Gasteiger partial charge in [-0.3, -0.25) is 4.79 Å². The molecular weight excluding hydrogens is 444 g/mol. The minimum Gasteiger partial charge on any atom is -0.477 e. The number of aliphatic carboxylic acids is 1. The third kappa shape index (κ3) is 3.71. The minimum atomic E-state index is -1.10. The molecule has 9 nitrogen and oxygen atoms in total. The van der Waals surface area contributed by atoms with Crippen molar-refractivity contribution in [2.24, 2.45) is 17.6 Å². The number of carbonyl (C=O) groups excluding carboxylic acids is 2. The zero-order valence-corrected chi connectivity index (χ0v) is 20.3. The Morgan fingerprint density at radius 1 is 1.30 bits per heavy atom. The minimum absolute atomic E-state index is 0.0157. The fraction of sp³-hybridized carbons (Fsp3) is 0.696. The lowest BCUT2D eigenvalue weighted by Crippen LogP contribution is -2.63. The average Bonchev–Trinajstić information content (AvgIpc) is 3.46. The highest BCUT2D eigenvalue weighted by Crippen LogP contribution is 2.52. The summed E-state index contributed by atoms with van der Waals surface area (Å²) in [7, 11) is 0. The maximum atomic E-state index is 12.6.